The van der Waals surface area contributed by atoms with Gasteiger partial charge in [-0.2, -0.15) is 0 Å². The van der Waals surface area contributed by atoms with Gasteiger partial charge in [-0.05, 0) is 18.2 Å². The van der Waals surface area contributed by atoms with Crippen molar-refractivity contribution in [3.8, 4) is 0 Å². The Morgan fingerprint density at radius 1 is 1.24 bits per heavy atom. The van der Waals surface area contributed by atoms with E-state index in [0.29, 0.717) is 0 Å². The Morgan fingerprint density at radius 3 is 3.00 bits per heavy atom. The predicted molar refractivity (Wildman–Crippen MR) is 67.6 cm³/mol. The van der Waals surface area contributed by atoms with Crippen LogP contribution in [0.1, 0.15) is 24.5 Å². The molecule has 88 valence electrons. The summed E-state index contributed by atoms with van der Waals surface area (Å²) in [6.07, 6.45) is 5.73. The molecular weight excluding hydrogens is 212 g/mol. The number of hydrogen-bond acceptors (Lipinski definition) is 3. The van der Waals surface area contributed by atoms with Crippen molar-refractivity contribution in [1.82, 2.24) is 4.98 Å². The number of fused-ring (bicyclic) bond motifs is 1. The molecule has 2 heterocycles. The summed E-state index contributed by atoms with van der Waals surface area (Å²) in [6.45, 7) is 0.745. The van der Waals surface area contributed by atoms with Gasteiger partial charge in [-0.1, -0.05) is 24.3 Å². The van der Waals surface area contributed by atoms with Crippen LogP contribution in [0.15, 0.2) is 36.7 Å². The fraction of sp³-hybridized carbons (Fsp3) is 0.357. The first-order chi connectivity index (χ1) is 8.34. The molecule has 1 aliphatic rings. The third-order valence-electron chi connectivity index (χ3n) is 3.37. The van der Waals surface area contributed by atoms with Gasteiger partial charge >= 0.3 is 0 Å². The van der Waals surface area contributed by atoms with Gasteiger partial charge < -0.3 is 10.5 Å². The van der Waals surface area contributed by atoms with Crippen LogP contribution in [0.5, 0.6) is 0 Å². The molecule has 0 amide bonds. The van der Waals surface area contributed by atoms with Gasteiger partial charge in [-0.3, -0.25) is 4.98 Å². The molecule has 17 heavy (non-hydrogen) atoms. The van der Waals surface area contributed by atoms with E-state index in [1.54, 1.807) is 0 Å². The molecule has 1 aromatic heterocycles. The van der Waals surface area contributed by atoms with E-state index in [1.807, 2.05) is 18.5 Å². The average Bonchev–Trinajstić information content (AvgIpc) is 2.38. The van der Waals surface area contributed by atoms with Crippen molar-refractivity contribution in [1.29, 1.82) is 0 Å². The second-order valence-electron chi connectivity index (χ2n) is 4.59. The molecule has 1 aliphatic heterocycles. The van der Waals surface area contributed by atoms with E-state index in [-0.39, 0.29) is 12.1 Å². The quantitative estimate of drug-likeness (QED) is 0.815. The van der Waals surface area contributed by atoms with E-state index < -0.39 is 0 Å². The van der Waals surface area contributed by atoms with Crippen LogP contribution in [0.25, 0.3) is 10.8 Å². The van der Waals surface area contributed by atoms with Gasteiger partial charge in [0.2, 0.25) is 0 Å². The summed E-state index contributed by atoms with van der Waals surface area (Å²) in [4.78, 5) is 4.29. The lowest BCUT2D eigenvalue weighted by Crippen LogP contribution is -2.30. The first kappa shape index (κ1) is 10.7. The molecule has 3 nitrogen and oxygen atoms in total. The summed E-state index contributed by atoms with van der Waals surface area (Å²) in [7, 11) is 0. The van der Waals surface area contributed by atoms with Gasteiger partial charge in [-0.15, -0.1) is 0 Å². The highest BCUT2D eigenvalue weighted by atomic mass is 16.5. The molecule has 2 atom stereocenters. The van der Waals surface area contributed by atoms with Gasteiger partial charge in [0.25, 0.3) is 0 Å². The van der Waals surface area contributed by atoms with Crippen LogP contribution >= 0.6 is 0 Å². The van der Waals surface area contributed by atoms with Gasteiger partial charge in [0.05, 0.1) is 6.10 Å². The molecule has 2 unspecified atom stereocenters. The number of aromatic nitrogens is 1. The Morgan fingerprint density at radius 2 is 2.12 bits per heavy atom. The number of benzene rings is 1. The summed E-state index contributed by atoms with van der Waals surface area (Å²) >= 11 is 0. The van der Waals surface area contributed by atoms with Crippen molar-refractivity contribution < 1.29 is 4.74 Å². The van der Waals surface area contributed by atoms with Crippen LogP contribution < -0.4 is 5.73 Å². The standard InChI is InChI=1S/C14H16N2O/c15-11-5-6-17-14(7-11)13-9-16-8-10-3-1-2-4-12(10)13/h1-4,8-9,11,14H,5-7,15H2. The SMILES string of the molecule is NC1CCOC(c2cncc3ccccc23)C1. The van der Waals surface area contributed by atoms with Gasteiger partial charge in [-0.25, -0.2) is 0 Å². The van der Waals surface area contributed by atoms with Crippen LogP contribution in [0.3, 0.4) is 0 Å². The molecule has 1 saturated heterocycles. The zero-order valence-electron chi connectivity index (χ0n) is 9.67. The van der Waals surface area contributed by atoms with Crippen LogP contribution in [-0.4, -0.2) is 17.6 Å². The van der Waals surface area contributed by atoms with Crippen LogP contribution in [0.4, 0.5) is 0 Å². The van der Waals surface area contributed by atoms with Crippen molar-refractivity contribution in [2.75, 3.05) is 6.61 Å². The molecule has 2 aromatic rings. The second-order valence-corrected chi connectivity index (χ2v) is 4.59. The maximum Gasteiger partial charge on any atom is 0.0860 e. The minimum Gasteiger partial charge on any atom is -0.373 e. The molecule has 1 aromatic carbocycles. The maximum atomic E-state index is 6.01. The molecule has 2 N–H and O–H groups in total. The minimum atomic E-state index is 0.0948. The van der Waals surface area contributed by atoms with Gasteiger partial charge in [0.15, 0.2) is 0 Å². The Bertz CT molecular complexity index is 521. The van der Waals surface area contributed by atoms with Crippen molar-refractivity contribution in [3.63, 3.8) is 0 Å². The molecule has 3 heteroatoms. The summed E-state index contributed by atoms with van der Waals surface area (Å²) in [5, 5.41) is 2.38. The van der Waals surface area contributed by atoms with E-state index in [9.17, 15) is 0 Å². The highest BCUT2D eigenvalue weighted by molar-refractivity contribution is 5.84. The molecular formula is C14H16N2O. The smallest absolute Gasteiger partial charge is 0.0860 e. The van der Waals surface area contributed by atoms with Gasteiger partial charge in [0.1, 0.15) is 0 Å². The van der Waals surface area contributed by atoms with E-state index in [1.165, 1.54) is 10.9 Å². The zero-order valence-corrected chi connectivity index (χ0v) is 9.67. The summed E-state index contributed by atoms with van der Waals surface area (Å²) in [5.74, 6) is 0. The van der Waals surface area contributed by atoms with E-state index in [0.717, 1.165) is 24.8 Å². The van der Waals surface area contributed by atoms with Crippen LogP contribution in [-0.2, 0) is 4.74 Å². The zero-order chi connectivity index (χ0) is 11.7. The van der Waals surface area contributed by atoms with Crippen molar-refractivity contribution in [3.05, 3.63) is 42.2 Å². The molecule has 3 rings (SSSR count). The van der Waals surface area contributed by atoms with E-state index >= 15 is 0 Å². The second kappa shape index (κ2) is 4.43. The number of rotatable bonds is 1. The van der Waals surface area contributed by atoms with Gasteiger partial charge in [0, 0.05) is 36.0 Å². The molecule has 0 saturated carbocycles. The van der Waals surface area contributed by atoms with Crippen LogP contribution in [0, 0.1) is 0 Å². The number of nitrogens with zero attached hydrogens (tertiary/aromatic N) is 1. The first-order valence-corrected chi connectivity index (χ1v) is 6.04. The fourth-order valence-electron chi connectivity index (χ4n) is 2.44. The predicted octanol–water partition coefficient (Wildman–Crippen LogP) is 2.41. The largest absolute Gasteiger partial charge is 0.373 e. The first-order valence-electron chi connectivity index (χ1n) is 6.04. The normalized spacial score (nSPS) is 25.0. The number of hydrogen-bond donors (Lipinski definition) is 1. The molecule has 0 spiro atoms. The monoisotopic (exact) mass is 228 g/mol. The highest BCUT2D eigenvalue weighted by Gasteiger charge is 2.22. The lowest BCUT2D eigenvalue weighted by atomic mass is 9.96. The number of ether oxygens (including phenoxy) is 1. The highest BCUT2D eigenvalue weighted by Crippen LogP contribution is 2.31. The minimum absolute atomic E-state index is 0.0948. The maximum absolute atomic E-state index is 6.01. The third-order valence-corrected chi connectivity index (χ3v) is 3.37. The number of nitrogens with two attached hydrogens (primary N) is 1. The molecule has 0 radical (unpaired) electrons. The third kappa shape index (κ3) is 2.04. The summed E-state index contributed by atoms with van der Waals surface area (Å²) in [6, 6.07) is 8.52. The number of pyridine rings is 1. The van der Waals surface area contributed by atoms with E-state index in [2.05, 4.69) is 23.2 Å². The topological polar surface area (TPSA) is 48.1 Å². The lowest BCUT2D eigenvalue weighted by molar-refractivity contribution is 0.00737. The molecule has 0 aliphatic carbocycles. The fourth-order valence-corrected chi connectivity index (χ4v) is 2.44. The Labute approximate surface area is 101 Å². The van der Waals surface area contributed by atoms with Crippen molar-refractivity contribution in [2.24, 2.45) is 5.73 Å². The van der Waals surface area contributed by atoms with Crippen molar-refractivity contribution >= 4 is 10.8 Å². The van der Waals surface area contributed by atoms with Crippen molar-refractivity contribution in [2.45, 2.75) is 25.0 Å². The lowest BCUT2D eigenvalue weighted by Gasteiger charge is -2.28. The Hall–Kier alpha value is -1.45. The molecule has 0 bridgehead atoms. The van der Waals surface area contributed by atoms with E-state index in [4.69, 9.17) is 10.5 Å². The molecule has 1 fully saturated rings. The Kier molecular flexibility index (Phi) is 2.79. The Balaban J connectivity index is 2.04. The van der Waals surface area contributed by atoms with Crippen LogP contribution in [0.2, 0.25) is 0 Å². The summed E-state index contributed by atoms with van der Waals surface area (Å²) in [5.41, 5.74) is 7.17. The average molecular weight is 228 g/mol. The summed E-state index contributed by atoms with van der Waals surface area (Å²) < 4.78 is 5.82.